The fourth-order valence-corrected chi connectivity index (χ4v) is 3.42. The van der Waals surface area contributed by atoms with Crippen LogP contribution in [0.1, 0.15) is 12.5 Å². The van der Waals surface area contributed by atoms with Gasteiger partial charge >= 0.3 is 0 Å². The smallest absolute Gasteiger partial charge is 0.272 e. The fraction of sp³-hybridized carbons (Fsp3) is 0.182. The number of aromatic nitrogens is 2. The third-order valence-electron chi connectivity index (χ3n) is 4.68. The normalized spacial score (nSPS) is 11.2. The largest absolute Gasteiger partial charge is 0.372 e. The molecular weight excluding hydrogens is 354 g/mol. The molecule has 4 aromatic rings. The Morgan fingerprint density at radius 3 is 2.61 bits per heavy atom. The standard InChI is InChI=1S/C22H21N3O3/c1-3-28-12-17(26)24-21-18(14-7-5-4-6-8-14)20-19(25-22(21)27)15-11-13(2)9-10-16(15)23-20/h4-11,23H,3,12H2,1-2H3,(H,24,26)(H,25,27). The SMILES string of the molecule is CCOCC(=O)Nc1c(-c2ccccc2)c2[nH]c3ccc(C)cc3c2[nH]c1=O. The summed E-state index contributed by atoms with van der Waals surface area (Å²) in [7, 11) is 0. The van der Waals surface area contributed by atoms with Crippen molar-refractivity contribution in [1.82, 2.24) is 9.97 Å². The van der Waals surface area contributed by atoms with Crippen LogP contribution >= 0.6 is 0 Å². The van der Waals surface area contributed by atoms with Crippen LogP contribution in [0.5, 0.6) is 0 Å². The Bertz CT molecular complexity index is 1220. The second kappa shape index (κ2) is 7.32. The molecule has 0 unspecified atom stereocenters. The van der Waals surface area contributed by atoms with Gasteiger partial charge in [0.2, 0.25) is 0 Å². The number of pyridine rings is 1. The van der Waals surface area contributed by atoms with Gasteiger partial charge in [0, 0.05) is 23.1 Å². The van der Waals surface area contributed by atoms with Gasteiger partial charge in [-0.15, -0.1) is 0 Å². The van der Waals surface area contributed by atoms with E-state index in [4.69, 9.17) is 4.74 Å². The zero-order valence-electron chi connectivity index (χ0n) is 15.8. The molecule has 0 saturated carbocycles. The van der Waals surface area contributed by atoms with Crippen LogP contribution in [0.15, 0.2) is 53.3 Å². The lowest BCUT2D eigenvalue weighted by Gasteiger charge is -2.12. The predicted octanol–water partition coefficient (Wildman–Crippen LogP) is 3.96. The number of benzene rings is 2. The van der Waals surface area contributed by atoms with E-state index in [-0.39, 0.29) is 23.8 Å². The van der Waals surface area contributed by atoms with Gasteiger partial charge in [0.15, 0.2) is 0 Å². The molecule has 0 spiro atoms. The van der Waals surface area contributed by atoms with E-state index in [0.29, 0.717) is 12.2 Å². The van der Waals surface area contributed by atoms with Crippen LogP contribution < -0.4 is 10.9 Å². The third-order valence-corrected chi connectivity index (χ3v) is 4.68. The molecule has 0 radical (unpaired) electrons. The number of fused-ring (bicyclic) bond motifs is 3. The van der Waals surface area contributed by atoms with Gasteiger partial charge in [0.1, 0.15) is 12.3 Å². The van der Waals surface area contributed by atoms with Crippen molar-refractivity contribution in [3.63, 3.8) is 0 Å². The van der Waals surface area contributed by atoms with Gasteiger partial charge in [0.25, 0.3) is 11.5 Å². The molecule has 0 aliphatic carbocycles. The summed E-state index contributed by atoms with van der Waals surface area (Å²) < 4.78 is 5.17. The van der Waals surface area contributed by atoms with Gasteiger partial charge in [-0.1, -0.05) is 42.0 Å². The highest BCUT2D eigenvalue weighted by Gasteiger charge is 2.19. The first-order valence-electron chi connectivity index (χ1n) is 9.19. The quantitative estimate of drug-likeness (QED) is 0.493. The van der Waals surface area contributed by atoms with Crippen molar-refractivity contribution in [2.75, 3.05) is 18.5 Å². The Morgan fingerprint density at radius 2 is 1.86 bits per heavy atom. The number of carbonyl (C=O) groups is 1. The molecule has 0 fully saturated rings. The van der Waals surface area contributed by atoms with Gasteiger partial charge < -0.3 is 20.0 Å². The van der Waals surface area contributed by atoms with Crippen LogP contribution in [-0.4, -0.2) is 29.1 Å². The molecule has 0 saturated heterocycles. The second-order valence-corrected chi connectivity index (χ2v) is 6.68. The predicted molar refractivity (Wildman–Crippen MR) is 112 cm³/mol. The average molecular weight is 375 g/mol. The maximum absolute atomic E-state index is 12.9. The van der Waals surface area contributed by atoms with Crippen LogP contribution in [0.2, 0.25) is 0 Å². The number of aromatic amines is 2. The molecule has 3 N–H and O–H groups in total. The van der Waals surface area contributed by atoms with E-state index < -0.39 is 0 Å². The first-order chi connectivity index (χ1) is 13.6. The Kier molecular flexibility index (Phi) is 4.71. The lowest BCUT2D eigenvalue weighted by molar-refractivity contribution is -0.120. The number of amides is 1. The molecule has 142 valence electrons. The van der Waals surface area contributed by atoms with Crippen LogP contribution in [0.25, 0.3) is 33.1 Å². The van der Waals surface area contributed by atoms with Crippen LogP contribution in [0.4, 0.5) is 5.69 Å². The summed E-state index contributed by atoms with van der Waals surface area (Å²) in [5.74, 6) is -0.365. The molecule has 0 atom stereocenters. The van der Waals surface area contributed by atoms with E-state index in [1.807, 2.05) is 62.4 Å². The number of ether oxygens (including phenoxy) is 1. The van der Waals surface area contributed by atoms with Gasteiger partial charge in [0.05, 0.1) is 11.0 Å². The molecule has 6 heteroatoms. The Labute approximate surface area is 161 Å². The highest BCUT2D eigenvalue weighted by atomic mass is 16.5. The molecule has 2 aromatic carbocycles. The van der Waals surface area contributed by atoms with Crippen molar-refractivity contribution in [1.29, 1.82) is 0 Å². The summed E-state index contributed by atoms with van der Waals surface area (Å²) in [6.07, 6.45) is 0. The molecule has 0 aliphatic rings. The molecule has 2 heterocycles. The van der Waals surface area contributed by atoms with E-state index in [0.717, 1.165) is 33.1 Å². The first kappa shape index (κ1) is 18.0. The minimum Gasteiger partial charge on any atom is -0.372 e. The number of carbonyl (C=O) groups excluding carboxylic acids is 1. The van der Waals surface area contributed by atoms with E-state index in [1.54, 1.807) is 0 Å². The van der Waals surface area contributed by atoms with Gasteiger partial charge in [-0.25, -0.2) is 0 Å². The van der Waals surface area contributed by atoms with Crippen molar-refractivity contribution in [2.45, 2.75) is 13.8 Å². The molecule has 1 amide bonds. The van der Waals surface area contributed by atoms with E-state index >= 15 is 0 Å². The van der Waals surface area contributed by atoms with Gasteiger partial charge in [-0.2, -0.15) is 0 Å². The Morgan fingerprint density at radius 1 is 1.07 bits per heavy atom. The molecule has 4 rings (SSSR count). The fourth-order valence-electron chi connectivity index (χ4n) is 3.42. The van der Waals surface area contributed by atoms with E-state index in [1.165, 1.54) is 0 Å². The van der Waals surface area contributed by atoms with E-state index in [9.17, 15) is 9.59 Å². The number of rotatable bonds is 5. The van der Waals surface area contributed by atoms with Crippen LogP contribution in [0, 0.1) is 6.92 Å². The molecule has 2 aromatic heterocycles. The number of hydrogen-bond donors (Lipinski definition) is 3. The zero-order chi connectivity index (χ0) is 19.7. The average Bonchev–Trinajstić information content (AvgIpc) is 3.04. The van der Waals surface area contributed by atoms with E-state index in [2.05, 4.69) is 15.3 Å². The number of aryl methyl sites for hydroxylation is 1. The lowest BCUT2D eigenvalue weighted by atomic mass is 10.0. The first-order valence-corrected chi connectivity index (χ1v) is 9.19. The summed E-state index contributed by atoms with van der Waals surface area (Å²) in [6.45, 7) is 4.15. The molecule has 6 nitrogen and oxygen atoms in total. The molecule has 28 heavy (non-hydrogen) atoms. The lowest BCUT2D eigenvalue weighted by Crippen LogP contribution is -2.24. The monoisotopic (exact) mass is 375 g/mol. The highest BCUT2D eigenvalue weighted by Crippen LogP contribution is 2.35. The summed E-state index contributed by atoms with van der Waals surface area (Å²) in [4.78, 5) is 31.5. The summed E-state index contributed by atoms with van der Waals surface area (Å²) in [6, 6.07) is 15.6. The van der Waals surface area contributed by atoms with Crippen molar-refractivity contribution in [3.05, 3.63) is 64.4 Å². The molecule has 0 aliphatic heterocycles. The Hall–Kier alpha value is -3.38. The molecular formula is C22H21N3O3. The maximum atomic E-state index is 12.9. The number of anilines is 1. The summed E-state index contributed by atoms with van der Waals surface area (Å²) >= 11 is 0. The minimum atomic E-state index is -0.365. The highest BCUT2D eigenvalue weighted by molar-refractivity contribution is 6.13. The maximum Gasteiger partial charge on any atom is 0.272 e. The minimum absolute atomic E-state index is 0.103. The van der Waals surface area contributed by atoms with Crippen molar-refractivity contribution < 1.29 is 9.53 Å². The second-order valence-electron chi connectivity index (χ2n) is 6.68. The summed E-state index contributed by atoms with van der Waals surface area (Å²) in [5, 5.41) is 3.67. The number of H-pyrrole nitrogens is 2. The number of nitrogens with one attached hydrogen (secondary N) is 3. The zero-order valence-corrected chi connectivity index (χ0v) is 15.8. The number of hydrogen-bond acceptors (Lipinski definition) is 3. The molecule has 0 bridgehead atoms. The van der Waals surface area contributed by atoms with Crippen molar-refractivity contribution in [2.24, 2.45) is 0 Å². The van der Waals surface area contributed by atoms with Crippen molar-refractivity contribution >= 4 is 33.5 Å². The van der Waals surface area contributed by atoms with Crippen LogP contribution in [0.3, 0.4) is 0 Å². The summed E-state index contributed by atoms with van der Waals surface area (Å²) in [5.41, 5.74) is 4.90. The van der Waals surface area contributed by atoms with Gasteiger partial charge in [-0.05, 0) is 31.5 Å². The van der Waals surface area contributed by atoms with Crippen LogP contribution in [-0.2, 0) is 9.53 Å². The third kappa shape index (κ3) is 3.18. The Balaban J connectivity index is 2.00. The topological polar surface area (TPSA) is 87.0 Å². The van der Waals surface area contributed by atoms with Crippen molar-refractivity contribution in [3.8, 4) is 11.1 Å². The van der Waals surface area contributed by atoms with Gasteiger partial charge in [-0.3, -0.25) is 9.59 Å².